The number of hydrogen-bond acceptors (Lipinski definition) is 1. The van der Waals surface area contributed by atoms with Gasteiger partial charge in [0.05, 0.1) is 0 Å². The molecule has 0 amide bonds. The standard InChI is InChI=1S/C16H13ClO/c17-15-8-4-1-5-11(15)9-12-10-16(18)14-7-3-2-6-13(12)14/h1-8,12H,9-10H2. The third-order valence-electron chi connectivity index (χ3n) is 3.56. The lowest BCUT2D eigenvalue weighted by Crippen LogP contribution is -1.99. The first-order valence-corrected chi connectivity index (χ1v) is 6.49. The second-order valence-electron chi connectivity index (χ2n) is 4.71. The highest BCUT2D eigenvalue weighted by Crippen LogP contribution is 2.36. The van der Waals surface area contributed by atoms with Crippen molar-refractivity contribution in [3.05, 3.63) is 70.2 Å². The van der Waals surface area contributed by atoms with Gasteiger partial charge in [0.15, 0.2) is 5.78 Å². The number of carbonyl (C=O) groups is 1. The highest BCUT2D eigenvalue weighted by Gasteiger charge is 2.28. The summed E-state index contributed by atoms with van der Waals surface area (Å²) in [5.74, 6) is 0.524. The molecule has 0 saturated carbocycles. The maximum atomic E-state index is 11.9. The summed E-state index contributed by atoms with van der Waals surface area (Å²) in [5, 5.41) is 0.786. The van der Waals surface area contributed by atoms with E-state index in [0.29, 0.717) is 6.42 Å². The van der Waals surface area contributed by atoms with Crippen LogP contribution in [0.5, 0.6) is 0 Å². The molecule has 18 heavy (non-hydrogen) atoms. The summed E-state index contributed by atoms with van der Waals surface area (Å²) in [6.45, 7) is 0. The second kappa shape index (κ2) is 4.58. The summed E-state index contributed by atoms with van der Waals surface area (Å²) in [6, 6.07) is 15.8. The van der Waals surface area contributed by atoms with E-state index in [0.717, 1.165) is 22.6 Å². The smallest absolute Gasteiger partial charge is 0.163 e. The normalized spacial score (nSPS) is 17.8. The van der Waals surface area contributed by atoms with Crippen molar-refractivity contribution < 1.29 is 4.79 Å². The van der Waals surface area contributed by atoms with Crippen LogP contribution in [-0.4, -0.2) is 5.78 Å². The van der Waals surface area contributed by atoms with Crippen molar-refractivity contribution in [2.45, 2.75) is 18.8 Å². The molecule has 1 unspecified atom stereocenters. The van der Waals surface area contributed by atoms with Crippen LogP contribution in [0, 0.1) is 0 Å². The molecule has 1 nitrogen and oxygen atoms in total. The van der Waals surface area contributed by atoms with Gasteiger partial charge in [-0.25, -0.2) is 0 Å². The van der Waals surface area contributed by atoms with Gasteiger partial charge in [0.25, 0.3) is 0 Å². The third-order valence-corrected chi connectivity index (χ3v) is 3.93. The van der Waals surface area contributed by atoms with Crippen LogP contribution in [0.4, 0.5) is 0 Å². The van der Waals surface area contributed by atoms with Gasteiger partial charge in [0, 0.05) is 17.0 Å². The number of benzene rings is 2. The van der Waals surface area contributed by atoms with Crippen molar-refractivity contribution in [3.8, 4) is 0 Å². The van der Waals surface area contributed by atoms with Crippen molar-refractivity contribution in [2.24, 2.45) is 0 Å². The maximum Gasteiger partial charge on any atom is 0.163 e. The Balaban J connectivity index is 1.92. The lowest BCUT2D eigenvalue weighted by Gasteiger charge is -2.11. The first kappa shape index (κ1) is 11.5. The van der Waals surface area contributed by atoms with Crippen LogP contribution in [0.25, 0.3) is 0 Å². The molecule has 0 aliphatic heterocycles. The first-order chi connectivity index (χ1) is 8.75. The molecular weight excluding hydrogens is 244 g/mol. The van der Waals surface area contributed by atoms with E-state index in [1.807, 2.05) is 42.5 Å². The van der Waals surface area contributed by atoms with E-state index in [-0.39, 0.29) is 11.7 Å². The van der Waals surface area contributed by atoms with E-state index in [2.05, 4.69) is 6.07 Å². The Morgan fingerprint density at radius 1 is 1.06 bits per heavy atom. The SMILES string of the molecule is O=C1CC(Cc2ccccc2Cl)c2ccccc21. The molecule has 2 heteroatoms. The molecule has 0 spiro atoms. The minimum absolute atomic E-state index is 0.252. The minimum atomic E-state index is 0.252. The van der Waals surface area contributed by atoms with E-state index < -0.39 is 0 Å². The molecule has 3 rings (SSSR count). The number of fused-ring (bicyclic) bond motifs is 1. The van der Waals surface area contributed by atoms with Gasteiger partial charge in [-0.3, -0.25) is 4.79 Å². The molecule has 0 heterocycles. The first-order valence-electron chi connectivity index (χ1n) is 6.11. The lowest BCUT2D eigenvalue weighted by molar-refractivity contribution is 0.0989. The molecule has 0 aromatic heterocycles. The number of halogens is 1. The van der Waals surface area contributed by atoms with Gasteiger partial charge in [0.1, 0.15) is 0 Å². The van der Waals surface area contributed by atoms with Crippen LogP contribution >= 0.6 is 11.6 Å². The Labute approximate surface area is 111 Å². The van der Waals surface area contributed by atoms with Crippen molar-refractivity contribution >= 4 is 17.4 Å². The Morgan fingerprint density at radius 2 is 1.78 bits per heavy atom. The Morgan fingerprint density at radius 3 is 2.61 bits per heavy atom. The van der Waals surface area contributed by atoms with Gasteiger partial charge >= 0.3 is 0 Å². The van der Waals surface area contributed by atoms with Crippen LogP contribution in [0.1, 0.15) is 33.8 Å². The summed E-state index contributed by atoms with van der Waals surface area (Å²) in [6.07, 6.45) is 1.44. The molecule has 1 atom stereocenters. The number of ketones is 1. The summed E-state index contributed by atoms with van der Waals surface area (Å²) >= 11 is 6.18. The summed E-state index contributed by atoms with van der Waals surface area (Å²) < 4.78 is 0. The maximum absolute atomic E-state index is 11.9. The Bertz CT molecular complexity index is 604. The molecule has 2 aromatic carbocycles. The van der Waals surface area contributed by atoms with Crippen LogP contribution in [-0.2, 0) is 6.42 Å². The number of Topliss-reactive ketones (excluding diaryl/α,β-unsaturated/α-hetero) is 1. The Kier molecular flexibility index (Phi) is 2.92. The van der Waals surface area contributed by atoms with Crippen LogP contribution in [0.15, 0.2) is 48.5 Å². The average molecular weight is 257 g/mol. The lowest BCUT2D eigenvalue weighted by atomic mass is 9.94. The largest absolute Gasteiger partial charge is 0.294 e. The van der Waals surface area contributed by atoms with Gasteiger partial charge in [-0.15, -0.1) is 0 Å². The van der Waals surface area contributed by atoms with Gasteiger partial charge in [-0.1, -0.05) is 54.1 Å². The molecule has 1 aliphatic rings. The predicted octanol–water partition coefficient (Wildman–Crippen LogP) is 4.25. The number of carbonyl (C=O) groups excluding carboxylic acids is 1. The van der Waals surface area contributed by atoms with E-state index in [1.165, 1.54) is 5.56 Å². The number of hydrogen-bond donors (Lipinski definition) is 0. The van der Waals surface area contributed by atoms with Crippen LogP contribution in [0.2, 0.25) is 5.02 Å². The quantitative estimate of drug-likeness (QED) is 0.785. The molecule has 0 N–H and O–H groups in total. The topological polar surface area (TPSA) is 17.1 Å². The second-order valence-corrected chi connectivity index (χ2v) is 5.11. The fraction of sp³-hybridized carbons (Fsp3) is 0.188. The van der Waals surface area contributed by atoms with E-state index in [9.17, 15) is 4.79 Å². The molecule has 90 valence electrons. The van der Waals surface area contributed by atoms with Crippen molar-refractivity contribution in [1.29, 1.82) is 0 Å². The molecule has 0 saturated heterocycles. The van der Waals surface area contributed by atoms with E-state index in [1.54, 1.807) is 0 Å². The fourth-order valence-corrected chi connectivity index (χ4v) is 2.88. The van der Waals surface area contributed by atoms with E-state index >= 15 is 0 Å². The van der Waals surface area contributed by atoms with Crippen molar-refractivity contribution in [2.75, 3.05) is 0 Å². The molecule has 0 radical (unpaired) electrons. The van der Waals surface area contributed by atoms with Crippen molar-refractivity contribution in [3.63, 3.8) is 0 Å². The zero-order chi connectivity index (χ0) is 12.5. The number of rotatable bonds is 2. The summed E-state index contributed by atoms with van der Waals surface area (Å²) in [4.78, 5) is 11.9. The third kappa shape index (κ3) is 1.95. The van der Waals surface area contributed by atoms with Gasteiger partial charge in [-0.05, 0) is 29.5 Å². The van der Waals surface area contributed by atoms with Crippen LogP contribution < -0.4 is 0 Å². The molecular formula is C16H13ClO. The van der Waals surface area contributed by atoms with Crippen LogP contribution in [0.3, 0.4) is 0 Å². The Hall–Kier alpha value is -1.60. The molecule has 0 fully saturated rings. The predicted molar refractivity (Wildman–Crippen MR) is 73.3 cm³/mol. The zero-order valence-electron chi connectivity index (χ0n) is 9.90. The zero-order valence-corrected chi connectivity index (χ0v) is 10.7. The van der Waals surface area contributed by atoms with E-state index in [4.69, 9.17) is 11.6 Å². The summed E-state index contributed by atoms with van der Waals surface area (Å²) in [7, 11) is 0. The van der Waals surface area contributed by atoms with Crippen molar-refractivity contribution in [1.82, 2.24) is 0 Å². The highest BCUT2D eigenvalue weighted by atomic mass is 35.5. The fourth-order valence-electron chi connectivity index (χ4n) is 2.66. The van der Waals surface area contributed by atoms with Gasteiger partial charge in [0.2, 0.25) is 0 Å². The van der Waals surface area contributed by atoms with Gasteiger partial charge in [-0.2, -0.15) is 0 Å². The van der Waals surface area contributed by atoms with Gasteiger partial charge < -0.3 is 0 Å². The average Bonchev–Trinajstić information content (AvgIpc) is 2.70. The molecule has 1 aliphatic carbocycles. The minimum Gasteiger partial charge on any atom is -0.294 e. The highest BCUT2D eigenvalue weighted by molar-refractivity contribution is 6.31. The molecule has 0 bridgehead atoms. The monoisotopic (exact) mass is 256 g/mol. The summed E-state index contributed by atoms with van der Waals surface area (Å²) in [5.41, 5.74) is 3.17. The molecule has 2 aromatic rings.